The number of piperazine rings is 1. The summed E-state index contributed by atoms with van der Waals surface area (Å²) in [5, 5.41) is 28.4. The number of hydrogen-bond acceptors (Lipinski definition) is 10. The van der Waals surface area contributed by atoms with Crippen LogP contribution in [0.3, 0.4) is 0 Å². The van der Waals surface area contributed by atoms with Crippen molar-refractivity contribution >= 4 is 46.7 Å². The highest BCUT2D eigenvalue weighted by atomic mass is 35.5. The van der Waals surface area contributed by atoms with Crippen LogP contribution in [0.1, 0.15) is 52.4 Å². The summed E-state index contributed by atoms with van der Waals surface area (Å²) in [6.45, 7) is 7.93. The van der Waals surface area contributed by atoms with Gasteiger partial charge in [0.05, 0.1) is 70.9 Å². The minimum Gasteiger partial charge on any atom is -0.477 e. The number of nitrogens with one attached hydrogen (secondary N) is 5. The number of H-pyrrole nitrogens is 1. The first-order valence-electron chi connectivity index (χ1n) is 21.7. The molecule has 342 valence electrons. The van der Waals surface area contributed by atoms with Gasteiger partial charge in [-0.3, -0.25) is 24.5 Å². The van der Waals surface area contributed by atoms with E-state index in [1.807, 2.05) is 0 Å². The molecule has 0 radical (unpaired) electrons. The Morgan fingerprint density at radius 1 is 0.906 bits per heavy atom. The number of aromatic nitrogens is 5. The molecule has 0 spiro atoms. The molecule has 0 aliphatic carbocycles. The molecule has 0 unspecified atom stereocenters. The molecule has 0 atom stereocenters. The van der Waals surface area contributed by atoms with Crippen molar-refractivity contribution in [2.75, 3.05) is 95.7 Å². The lowest BCUT2D eigenvalue weighted by Crippen LogP contribution is -2.62. The van der Waals surface area contributed by atoms with Crippen molar-refractivity contribution in [2.24, 2.45) is 24.8 Å². The van der Waals surface area contributed by atoms with Gasteiger partial charge in [0, 0.05) is 83.2 Å². The lowest BCUT2D eigenvalue weighted by molar-refractivity contribution is -0.929. The summed E-state index contributed by atoms with van der Waals surface area (Å²) in [5.41, 5.74) is -0.132. The maximum Gasteiger partial charge on any atom is 0.435 e. The molecule has 4 aromatic rings. The van der Waals surface area contributed by atoms with Crippen LogP contribution in [0.25, 0.3) is 22.6 Å². The average molecular weight is 910 g/mol. The number of benzene rings is 1. The van der Waals surface area contributed by atoms with Crippen LogP contribution in [0.2, 0.25) is 5.02 Å². The summed E-state index contributed by atoms with van der Waals surface area (Å²) in [5.74, 6) is -1.27. The normalized spacial score (nSPS) is 21.0. The van der Waals surface area contributed by atoms with E-state index in [-0.39, 0.29) is 69.0 Å². The number of halogens is 4. The number of carbonyl (C=O) groups is 4. The number of hydrogen-bond donors (Lipinski definition) is 6. The number of aliphatic carboxylic acids is 1. The molecular formula is C43H53ClF3N12O5+. The molecule has 0 saturated carbocycles. The van der Waals surface area contributed by atoms with E-state index in [2.05, 4.69) is 41.4 Å². The Morgan fingerprint density at radius 2 is 1.61 bits per heavy atom. The number of imidazole rings is 1. The topological polar surface area (TPSA) is 202 Å². The van der Waals surface area contributed by atoms with Crippen molar-refractivity contribution in [3.8, 4) is 22.6 Å². The Kier molecular flexibility index (Phi) is 13.3. The number of rotatable bonds is 13. The molecule has 4 fully saturated rings. The number of nitrogens with zero attached hydrogens (tertiary/aromatic N) is 7. The van der Waals surface area contributed by atoms with E-state index in [9.17, 15) is 37.5 Å². The van der Waals surface area contributed by atoms with Crippen LogP contribution in [0.4, 0.5) is 24.5 Å². The van der Waals surface area contributed by atoms with Gasteiger partial charge in [0.1, 0.15) is 0 Å². The second-order valence-electron chi connectivity index (χ2n) is 17.4. The van der Waals surface area contributed by atoms with Crippen LogP contribution >= 0.6 is 11.6 Å². The third kappa shape index (κ3) is 9.89. The van der Waals surface area contributed by atoms with Gasteiger partial charge in [-0.15, -0.1) is 0 Å². The highest BCUT2D eigenvalue weighted by Gasteiger charge is 2.43. The predicted molar refractivity (Wildman–Crippen MR) is 231 cm³/mol. The number of pyridine rings is 1. The van der Waals surface area contributed by atoms with Crippen LogP contribution in [-0.2, 0) is 22.8 Å². The first kappa shape index (κ1) is 45.0. The zero-order chi connectivity index (χ0) is 45.2. The highest BCUT2D eigenvalue weighted by Crippen LogP contribution is 2.41. The molecule has 3 amide bonds. The molecule has 1 aromatic carbocycles. The number of carbonyl (C=O) groups excluding carboxylic acids is 3. The maximum absolute atomic E-state index is 14.3. The van der Waals surface area contributed by atoms with Crippen LogP contribution in [-0.4, -0.2) is 153 Å². The minimum absolute atomic E-state index is 0.00828. The van der Waals surface area contributed by atoms with Crippen LogP contribution in [0.15, 0.2) is 42.7 Å². The highest BCUT2D eigenvalue weighted by molar-refractivity contribution is 6.34. The molecular weight excluding hydrogens is 857 g/mol. The van der Waals surface area contributed by atoms with E-state index in [1.165, 1.54) is 36.0 Å². The summed E-state index contributed by atoms with van der Waals surface area (Å²) >= 11 is 6.60. The largest absolute Gasteiger partial charge is 0.477 e. The van der Waals surface area contributed by atoms with Gasteiger partial charge in [-0.25, -0.2) is 9.78 Å². The SMILES string of the molecule is Cn1c(-c2c(C(F)(F)F)n[nH]c2-c2ccc(NCC3CCNCC3)cn2)cnc1C(=O)Nc1ccc(C(=O)N2CCN(C(=O)C3CC[N+](CC(=O)O)(CC4CNC4)CC3)CC2)c(Cl)c1. The summed E-state index contributed by atoms with van der Waals surface area (Å²) in [7, 11) is 1.42. The second kappa shape index (κ2) is 18.9. The summed E-state index contributed by atoms with van der Waals surface area (Å²) < 4.78 is 44.8. The number of anilines is 2. The lowest BCUT2D eigenvalue weighted by Gasteiger charge is -2.46. The Hall–Kier alpha value is -5.57. The zero-order valence-corrected chi connectivity index (χ0v) is 36.3. The fourth-order valence-electron chi connectivity index (χ4n) is 9.42. The summed E-state index contributed by atoms with van der Waals surface area (Å²) in [4.78, 5) is 64.4. The van der Waals surface area contributed by atoms with Crippen molar-refractivity contribution in [3.05, 3.63) is 64.8 Å². The van der Waals surface area contributed by atoms with Crippen molar-refractivity contribution in [1.29, 1.82) is 0 Å². The molecule has 0 bridgehead atoms. The number of piperidine rings is 2. The molecule has 8 rings (SSSR count). The van der Waals surface area contributed by atoms with Crippen molar-refractivity contribution in [2.45, 2.75) is 31.9 Å². The minimum atomic E-state index is -4.84. The van der Waals surface area contributed by atoms with Gasteiger partial charge in [0.25, 0.3) is 11.8 Å². The number of aromatic amines is 1. The summed E-state index contributed by atoms with van der Waals surface area (Å²) in [6.07, 6.45) is 1.25. The van der Waals surface area contributed by atoms with Crippen molar-refractivity contribution in [3.63, 3.8) is 0 Å². The lowest BCUT2D eigenvalue weighted by atomic mass is 9.90. The summed E-state index contributed by atoms with van der Waals surface area (Å²) in [6, 6.07) is 7.75. The Bertz CT molecular complexity index is 2350. The maximum atomic E-state index is 14.3. The fraction of sp³-hybridized carbons (Fsp3) is 0.512. The quantitative estimate of drug-likeness (QED) is 0.106. The first-order chi connectivity index (χ1) is 30.7. The van der Waals surface area contributed by atoms with Gasteiger partial charge in [-0.05, 0) is 62.2 Å². The number of likely N-dealkylation sites (tertiary alicyclic amines) is 1. The van der Waals surface area contributed by atoms with E-state index in [0.29, 0.717) is 68.4 Å². The van der Waals surface area contributed by atoms with Crippen LogP contribution in [0, 0.1) is 17.8 Å². The third-order valence-corrected chi connectivity index (χ3v) is 13.4. The fourth-order valence-corrected chi connectivity index (χ4v) is 9.68. The molecule has 4 saturated heterocycles. The molecule has 6 N–H and O–H groups in total. The van der Waals surface area contributed by atoms with Crippen LogP contribution in [0.5, 0.6) is 0 Å². The zero-order valence-electron chi connectivity index (χ0n) is 35.5. The second-order valence-corrected chi connectivity index (χ2v) is 17.8. The number of alkyl halides is 3. The number of amides is 3. The third-order valence-electron chi connectivity index (χ3n) is 13.1. The first-order valence-corrected chi connectivity index (χ1v) is 22.1. The van der Waals surface area contributed by atoms with Crippen molar-refractivity contribution < 1.29 is 41.9 Å². The number of carboxylic acids is 1. The molecule has 3 aromatic heterocycles. The van der Waals surface area contributed by atoms with Gasteiger partial charge in [0.15, 0.2) is 18.1 Å². The van der Waals surface area contributed by atoms with Gasteiger partial charge in [-0.2, -0.15) is 18.3 Å². The van der Waals surface area contributed by atoms with Crippen LogP contribution < -0.4 is 21.3 Å². The van der Waals surface area contributed by atoms with Gasteiger partial charge < -0.3 is 45.2 Å². The molecule has 64 heavy (non-hydrogen) atoms. The van der Waals surface area contributed by atoms with Gasteiger partial charge in [0.2, 0.25) is 5.91 Å². The monoisotopic (exact) mass is 909 g/mol. The predicted octanol–water partition coefficient (Wildman–Crippen LogP) is 4.02. The van der Waals surface area contributed by atoms with Crippen molar-refractivity contribution in [1.82, 2.24) is 45.2 Å². The Morgan fingerprint density at radius 3 is 2.23 bits per heavy atom. The van der Waals surface area contributed by atoms with E-state index >= 15 is 0 Å². The van der Waals surface area contributed by atoms with E-state index in [1.54, 1.807) is 28.1 Å². The molecule has 7 heterocycles. The Balaban J connectivity index is 0.879. The Labute approximate surface area is 372 Å². The average Bonchev–Trinajstić information content (AvgIpc) is 3.88. The number of carboxylic acid groups (broad SMARTS) is 1. The van der Waals surface area contributed by atoms with Gasteiger partial charge in [-0.1, -0.05) is 11.6 Å². The smallest absolute Gasteiger partial charge is 0.435 e. The van der Waals surface area contributed by atoms with E-state index in [4.69, 9.17) is 11.6 Å². The molecule has 17 nitrogen and oxygen atoms in total. The molecule has 21 heteroatoms. The van der Waals surface area contributed by atoms with Gasteiger partial charge >= 0.3 is 12.1 Å². The molecule has 4 aliphatic heterocycles. The molecule has 4 aliphatic rings. The van der Waals surface area contributed by atoms with E-state index < -0.39 is 23.7 Å². The standard InChI is InChI=1S/C43H52ClF3N12O5/c1-56-34(36-37(54-55-38(36)43(45,46)47)33-5-3-30(22-51-33)50-21-26-6-10-48-11-7-26)23-52-39(56)40(62)53-29-2-4-31(32(44)18-29)42(64)58-14-12-57(13-15-58)41(63)28-8-16-59(17-9-28,25-35(60)61)24-27-19-49-20-27/h2-5,18,22-23,26-28,48-49H,6-17,19-21,24-25H2,1H3,(H3-,50,51,52,53,54,55,60,61,62,64)/p+1. The van der Waals surface area contributed by atoms with E-state index in [0.717, 1.165) is 57.8 Å². The number of quaternary nitrogens is 1.